The van der Waals surface area contributed by atoms with E-state index in [0.717, 1.165) is 17.1 Å². The molecule has 2 aromatic rings. The summed E-state index contributed by atoms with van der Waals surface area (Å²) < 4.78 is 0. The lowest BCUT2D eigenvalue weighted by molar-refractivity contribution is 0.0692. The average molecular weight is 275 g/mol. The summed E-state index contributed by atoms with van der Waals surface area (Å²) in [6, 6.07) is 5.09. The molecular formula is C13H13N3O2S. The van der Waals surface area contributed by atoms with Gasteiger partial charge in [0.2, 0.25) is 0 Å². The van der Waals surface area contributed by atoms with Crippen LogP contribution in [0.15, 0.2) is 28.4 Å². The minimum atomic E-state index is -1.00. The number of carboxylic acids is 1. The number of aromatic nitrogens is 3. The molecule has 0 saturated carbocycles. The molecule has 2 heterocycles. The van der Waals surface area contributed by atoms with Gasteiger partial charge in [0.25, 0.3) is 0 Å². The molecule has 6 heteroatoms. The van der Waals surface area contributed by atoms with E-state index in [1.807, 2.05) is 26.8 Å². The molecule has 0 aliphatic heterocycles. The summed E-state index contributed by atoms with van der Waals surface area (Å²) in [6.45, 7) is 5.57. The minimum absolute atomic E-state index is 0.165. The molecule has 2 rings (SSSR count). The molecule has 2 aromatic heterocycles. The van der Waals surface area contributed by atoms with Crippen LogP contribution in [0, 0.1) is 20.8 Å². The Morgan fingerprint density at radius 3 is 2.26 bits per heavy atom. The number of rotatable bonds is 3. The standard InChI is InChI=1S/C13H13N3O2S/c1-7-4-5-10(12(17)18)11(14-7)19-13-15-8(2)6-9(3)16-13/h4-6H,1-3H3,(H,17,18). The Labute approximate surface area is 115 Å². The van der Waals surface area contributed by atoms with Crippen LogP contribution in [0.2, 0.25) is 0 Å². The van der Waals surface area contributed by atoms with Gasteiger partial charge >= 0.3 is 5.97 Å². The van der Waals surface area contributed by atoms with Gasteiger partial charge in [0.15, 0.2) is 5.16 Å². The molecule has 0 aromatic carbocycles. The number of hydrogen-bond acceptors (Lipinski definition) is 5. The van der Waals surface area contributed by atoms with E-state index in [1.54, 1.807) is 12.1 Å². The lowest BCUT2D eigenvalue weighted by atomic mass is 10.2. The SMILES string of the molecule is Cc1cc(C)nc(Sc2nc(C)ccc2C(=O)O)n1. The van der Waals surface area contributed by atoms with Crippen molar-refractivity contribution in [3.05, 3.63) is 40.8 Å². The van der Waals surface area contributed by atoms with Gasteiger partial charge in [0.05, 0.1) is 5.56 Å². The van der Waals surface area contributed by atoms with E-state index in [9.17, 15) is 4.79 Å². The zero-order chi connectivity index (χ0) is 14.0. The first-order valence-electron chi connectivity index (χ1n) is 5.67. The van der Waals surface area contributed by atoms with Crippen molar-refractivity contribution in [2.75, 3.05) is 0 Å². The highest BCUT2D eigenvalue weighted by molar-refractivity contribution is 7.99. The van der Waals surface area contributed by atoms with Crippen LogP contribution in [0.25, 0.3) is 0 Å². The Hall–Kier alpha value is -1.95. The van der Waals surface area contributed by atoms with Gasteiger partial charge < -0.3 is 5.11 Å². The largest absolute Gasteiger partial charge is 0.478 e. The van der Waals surface area contributed by atoms with Crippen LogP contribution >= 0.6 is 11.8 Å². The van der Waals surface area contributed by atoms with E-state index in [1.165, 1.54) is 11.8 Å². The number of carbonyl (C=O) groups is 1. The third kappa shape index (κ3) is 3.29. The average Bonchev–Trinajstić information content (AvgIpc) is 2.26. The molecule has 0 fully saturated rings. The summed E-state index contributed by atoms with van der Waals surface area (Å²) in [5.74, 6) is -1.00. The molecule has 98 valence electrons. The van der Waals surface area contributed by atoms with Crippen molar-refractivity contribution < 1.29 is 9.90 Å². The first-order valence-corrected chi connectivity index (χ1v) is 6.48. The fourth-order valence-corrected chi connectivity index (χ4v) is 2.61. The van der Waals surface area contributed by atoms with Gasteiger partial charge in [-0.2, -0.15) is 0 Å². The van der Waals surface area contributed by atoms with Crippen molar-refractivity contribution in [1.82, 2.24) is 15.0 Å². The van der Waals surface area contributed by atoms with E-state index < -0.39 is 5.97 Å². The van der Waals surface area contributed by atoms with Crippen molar-refractivity contribution in [3.8, 4) is 0 Å². The minimum Gasteiger partial charge on any atom is -0.478 e. The van der Waals surface area contributed by atoms with E-state index in [2.05, 4.69) is 15.0 Å². The number of hydrogen-bond donors (Lipinski definition) is 1. The van der Waals surface area contributed by atoms with Crippen molar-refractivity contribution in [2.45, 2.75) is 31.0 Å². The van der Waals surface area contributed by atoms with Gasteiger partial charge in [-0.25, -0.2) is 19.7 Å². The lowest BCUT2D eigenvalue weighted by Crippen LogP contribution is -2.02. The monoisotopic (exact) mass is 275 g/mol. The van der Waals surface area contributed by atoms with Gasteiger partial charge in [-0.3, -0.25) is 0 Å². The van der Waals surface area contributed by atoms with E-state index in [0.29, 0.717) is 10.2 Å². The van der Waals surface area contributed by atoms with E-state index >= 15 is 0 Å². The molecule has 0 aliphatic rings. The van der Waals surface area contributed by atoms with Crippen molar-refractivity contribution in [3.63, 3.8) is 0 Å². The summed E-state index contributed by atoms with van der Waals surface area (Å²) in [4.78, 5) is 24.0. The highest BCUT2D eigenvalue weighted by Gasteiger charge is 2.14. The summed E-state index contributed by atoms with van der Waals surface area (Å²) in [6.07, 6.45) is 0. The number of carboxylic acid groups (broad SMARTS) is 1. The molecular weight excluding hydrogens is 262 g/mol. The zero-order valence-corrected chi connectivity index (χ0v) is 11.7. The number of pyridine rings is 1. The Morgan fingerprint density at radius 2 is 1.68 bits per heavy atom. The van der Waals surface area contributed by atoms with Crippen LogP contribution in [-0.4, -0.2) is 26.0 Å². The predicted molar refractivity (Wildman–Crippen MR) is 71.6 cm³/mol. The highest BCUT2D eigenvalue weighted by Crippen LogP contribution is 2.27. The van der Waals surface area contributed by atoms with Crippen LogP contribution in [-0.2, 0) is 0 Å². The van der Waals surface area contributed by atoms with Gasteiger partial charge in [0.1, 0.15) is 5.03 Å². The molecule has 0 spiro atoms. The fourth-order valence-electron chi connectivity index (χ4n) is 1.60. The van der Waals surface area contributed by atoms with Gasteiger partial charge in [0, 0.05) is 17.1 Å². The molecule has 5 nitrogen and oxygen atoms in total. The van der Waals surface area contributed by atoms with Crippen LogP contribution in [0.4, 0.5) is 0 Å². The first-order chi connectivity index (χ1) is 8.95. The molecule has 0 radical (unpaired) electrons. The van der Waals surface area contributed by atoms with Gasteiger partial charge in [-0.15, -0.1) is 0 Å². The summed E-state index contributed by atoms with van der Waals surface area (Å²) in [7, 11) is 0. The third-order valence-electron chi connectivity index (χ3n) is 2.38. The molecule has 19 heavy (non-hydrogen) atoms. The van der Waals surface area contributed by atoms with Crippen molar-refractivity contribution in [2.24, 2.45) is 0 Å². The molecule has 0 amide bonds. The maximum absolute atomic E-state index is 11.2. The van der Waals surface area contributed by atoms with Gasteiger partial charge in [-0.1, -0.05) is 0 Å². The van der Waals surface area contributed by atoms with Crippen LogP contribution in [0.3, 0.4) is 0 Å². The molecule has 0 aliphatic carbocycles. The van der Waals surface area contributed by atoms with Crippen LogP contribution < -0.4 is 0 Å². The molecule has 0 saturated heterocycles. The number of aromatic carboxylic acids is 1. The Kier molecular flexibility index (Phi) is 3.80. The second-order valence-electron chi connectivity index (χ2n) is 4.15. The van der Waals surface area contributed by atoms with Crippen LogP contribution in [0.1, 0.15) is 27.4 Å². The van der Waals surface area contributed by atoms with Crippen LogP contribution in [0.5, 0.6) is 0 Å². The number of nitrogens with zero attached hydrogens (tertiary/aromatic N) is 3. The van der Waals surface area contributed by atoms with Gasteiger partial charge in [-0.05, 0) is 50.7 Å². The smallest absolute Gasteiger partial charge is 0.338 e. The molecule has 0 bridgehead atoms. The first kappa shape index (κ1) is 13.5. The maximum atomic E-state index is 11.2. The van der Waals surface area contributed by atoms with E-state index in [-0.39, 0.29) is 5.56 Å². The maximum Gasteiger partial charge on any atom is 0.338 e. The summed E-state index contributed by atoms with van der Waals surface area (Å²) in [5, 5.41) is 10.1. The summed E-state index contributed by atoms with van der Waals surface area (Å²) in [5.41, 5.74) is 2.62. The van der Waals surface area contributed by atoms with E-state index in [4.69, 9.17) is 5.11 Å². The predicted octanol–water partition coefficient (Wildman–Crippen LogP) is 2.65. The lowest BCUT2D eigenvalue weighted by Gasteiger charge is -2.06. The Morgan fingerprint density at radius 1 is 1.05 bits per heavy atom. The third-order valence-corrected chi connectivity index (χ3v) is 3.25. The Balaban J connectivity index is 2.42. The molecule has 0 unspecified atom stereocenters. The van der Waals surface area contributed by atoms with Crippen molar-refractivity contribution in [1.29, 1.82) is 0 Å². The topological polar surface area (TPSA) is 76.0 Å². The molecule has 0 atom stereocenters. The fraction of sp³-hybridized carbons (Fsp3) is 0.231. The normalized spacial score (nSPS) is 10.5. The Bertz CT molecular complexity index is 624. The van der Waals surface area contributed by atoms with Crippen molar-refractivity contribution >= 4 is 17.7 Å². The second-order valence-corrected chi connectivity index (χ2v) is 5.10. The zero-order valence-electron chi connectivity index (χ0n) is 10.8. The quantitative estimate of drug-likeness (QED) is 0.868. The highest BCUT2D eigenvalue weighted by atomic mass is 32.2. The molecule has 1 N–H and O–H groups in total. The number of aryl methyl sites for hydroxylation is 3. The summed E-state index contributed by atoms with van der Waals surface area (Å²) >= 11 is 1.17. The second kappa shape index (κ2) is 5.36.